The molecule has 1 heterocycles. The van der Waals surface area contributed by atoms with Crippen LogP contribution in [0.25, 0.3) is 0 Å². The number of benzene rings is 2. The molecule has 4 nitrogen and oxygen atoms in total. The maximum Gasteiger partial charge on any atom is 0.312 e. The standard InChI is InChI=1S/C19H11BrO4/c20-11-5-3-4-10(8-11)14-9-15(21)24-19-16(14)17(22)12-6-1-2-7-13(12)18(19)23/h1-8,14H,9H2/t14-/m1/s1. The third kappa shape index (κ3) is 2.24. The number of allylic oxidation sites excluding steroid dienone is 2. The van der Waals surface area contributed by atoms with Gasteiger partial charge in [-0.2, -0.15) is 0 Å². The van der Waals surface area contributed by atoms with Crippen molar-refractivity contribution in [1.29, 1.82) is 0 Å². The van der Waals surface area contributed by atoms with Crippen LogP contribution >= 0.6 is 15.9 Å². The Labute approximate surface area is 146 Å². The molecule has 1 aliphatic carbocycles. The highest BCUT2D eigenvalue weighted by Crippen LogP contribution is 2.41. The van der Waals surface area contributed by atoms with Crippen molar-refractivity contribution in [3.8, 4) is 0 Å². The van der Waals surface area contributed by atoms with Crippen molar-refractivity contribution in [3.63, 3.8) is 0 Å². The molecule has 0 aromatic heterocycles. The molecule has 2 aromatic carbocycles. The first-order valence-electron chi connectivity index (χ1n) is 7.45. The van der Waals surface area contributed by atoms with Gasteiger partial charge in [0.15, 0.2) is 11.5 Å². The van der Waals surface area contributed by atoms with E-state index in [9.17, 15) is 14.4 Å². The Kier molecular flexibility index (Phi) is 3.46. The van der Waals surface area contributed by atoms with E-state index in [-0.39, 0.29) is 29.1 Å². The molecule has 0 unspecified atom stereocenters. The zero-order valence-electron chi connectivity index (χ0n) is 12.4. The van der Waals surface area contributed by atoms with Gasteiger partial charge in [-0.05, 0) is 17.7 Å². The van der Waals surface area contributed by atoms with E-state index < -0.39 is 17.7 Å². The Balaban J connectivity index is 1.92. The van der Waals surface area contributed by atoms with Gasteiger partial charge in [0, 0.05) is 21.5 Å². The molecule has 4 rings (SSSR count). The van der Waals surface area contributed by atoms with Crippen LogP contribution in [0.5, 0.6) is 0 Å². The van der Waals surface area contributed by atoms with Crippen LogP contribution in [-0.2, 0) is 9.53 Å². The highest BCUT2D eigenvalue weighted by atomic mass is 79.9. The van der Waals surface area contributed by atoms with Crippen molar-refractivity contribution in [3.05, 3.63) is 81.0 Å². The molecular weight excluding hydrogens is 372 g/mol. The predicted molar refractivity (Wildman–Crippen MR) is 89.7 cm³/mol. The Morgan fingerprint density at radius 3 is 2.33 bits per heavy atom. The van der Waals surface area contributed by atoms with Crippen LogP contribution in [0, 0.1) is 0 Å². The fraction of sp³-hybridized carbons (Fsp3) is 0.105. The normalized spacial score (nSPS) is 19.7. The van der Waals surface area contributed by atoms with E-state index >= 15 is 0 Å². The number of fused-ring (bicyclic) bond motifs is 1. The zero-order chi connectivity index (χ0) is 16.8. The number of halogens is 1. The minimum absolute atomic E-state index is 0.0382. The molecule has 5 heteroatoms. The second-order valence-corrected chi connectivity index (χ2v) is 6.65. The van der Waals surface area contributed by atoms with Crippen LogP contribution < -0.4 is 0 Å². The lowest BCUT2D eigenvalue weighted by molar-refractivity contribution is -0.140. The Hall–Kier alpha value is -2.53. The lowest BCUT2D eigenvalue weighted by Crippen LogP contribution is -2.32. The van der Waals surface area contributed by atoms with E-state index in [1.807, 2.05) is 24.3 Å². The fourth-order valence-corrected chi connectivity index (χ4v) is 3.64. The van der Waals surface area contributed by atoms with Crippen molar-refractivity contribution in [2.75, 3.05) is 0 Å². The fourth-order valence-electron chi connectivity index (χ4n) is 3.22. The number of hydrogen-bond acceptors (Lipinski definition) is 4. The van der Waals surface area contributed by atoms with Crippen LogP contribution in [0.2, 0.25) is 0 Å². The number of carbonyl (C=O) groups is 3. The molecule has 0 N–H and O–H groups in total. The predicted octanol–water partition coefficient (Wildman–Crippen LogP) is 3.81. The topological polar surface area (TPSA) is 60.4 Å². The smallest absolute Gasteiger partial charge is 0.312 e. The molecule has 0 saturated heterocycles. The molecule has 2 aromatic rings. The number of Topliss-reactive ketones (excluding diaryl/α,β-unsaturated/α-hetero) is 2. The summed E-state index contributed by atoms with van der Waals surface area (Å²) in [5.41, 5.74) is 1.72. The number of carbonyl (C=O) groups excluding carboxylic acids is 3. The number of ether oxygens (including phenoxy) is 1. The number of rotatable bonds is 1. The van der Waals surface area contributed by atoms with Gasteiger partial charge in [0.05, 0.1) is 12.0 Å². The summed E-state index contributed by atoms with van der Waals surface area (Å²) in [7, 11) is 0. The molecule has 1 atom stereocenters. The molecule has 0 saturated carbocycles. The van der Waals surface area contributed by atoms with Crippen molar-refractivity contribution in [2.45, 2.75) is 12.3 Å². The van der Waals surface area contributed by atoms with Crippen LogP contribution in [0.15, 0.2) is 64.3 Å². The molecular formula is C19H11BrO4. The Morgan fingerprint density at radius 2 is 1.62 bits per heavy atom. The first kappa shape index (κ1) is 15.0. The summed E-state index contributed by atoms with van der Waals surface area (Å²) >= 11 is 3.40. The maximum absolute atomic E-state index is 13.0. The first-order valence-corrected chi connectivity index (χ1v) is 8.24. The lowest BCUT2D eigenvalue weighted by atomic mass is 9.77. The summed E-state index contributed by atoms with van der Waals surface area (Å²) in [4.78, 5) is 37.7. The largest absolute Gasteiger partial charge is 0.422 e. The van der Waals surface area contributed by atoms with Crippen molar-refractivity contribution >= 4 is 33.5 Å². The van der Waals surface area contributed by atoms with Crippen LogP contribution in [-0.4, -0.2) is 17.5 Å². The monoisotopic (exact) mass is 382 g/mol. The van der Waals surface area contributed by atoms with E-state index in [0.29, 0.717) is 5.56 Å². The van der Waals surface area contributed by atoms with Crippen LogP contribution in [0.1, 0.15) is 38.6 Å². The summed E-state index contributed by atoms with van der Waals surface area (Å²) in [6.07, 6.45) is 0.0382. The zero-order valence-corrected chi connectivity index (χ0v) is 14.0. The van der Waals surface area contributed by atoms with Gasteiger partial charge in [-0.1, -0.05) is 52.3 Å². The number of esters is 1. The molecule has 0 spiro atoms. The van der Waals surface area contributed by atoms with E-state index in [4.69, 9.17) is 4.74 Å². The molecule has 1 aliphatic heterocycles. The van der Waals surface area contributed by atoms with Gasteiger partial charge in [0.1, 0.15) is 0 Å². The Bertz CT molecular complexity index is 942. The molecule has 2 aliphatic rings. The Morgan fingerprint density at radius 1 is 0.917 bits per heavy atom. The van der Waals surface area contributed by atoms with Crippen molar-refractivity contribution < 1.29 is 19.1 Å². The SMILES string of the molecule is O=C1C[C@H](c2cccc(Br)c2)C2=C(O1)C(=O)c1ccccc1C2=O. The van der Waals surface area contributed by atoms with Gasteiger partial charge in [-0.3, -0.25) is 14.4 Å². The first-order chi connectivity index (χ1) is 11.6. The second kappa shape index (κ2) is 5.53. The van der Waals surface area contributed by atoms with E-state index in [2.05, 4.69) is 15.9 Å². The average molecular weight is 383 g/mol. The van der Waals surface area contributed by atoms with E-state index in [1.165, 1.54) is 0 Å². The third-order valence-corrected chi connectivity index (χ3v) is 4.79. The van der Waals surface area contributed by atoms with Gasteiger partial charge in [-0.15, -0.1) is 0 Å². The molecule has 118 valence electrons. The lowest BCUT2D eigenvalue weighted by Gasteiger charge is -2.30. The maximum atomic E-state index is 13.0. The molecule has 0 bridgehead atoms. The highest BCUT2D eigenvalue weighted by molar-refractivity contribution is 9.10. The quantitative estimate of drug-likeness (QED) is 0.703. The third-order valence-electron chi connectivity index (χ3n) is 4.30. The van der Waals surface area contributed by atoms with Crippen LogP contribution in [0.3, 0.4) is 0 Å². The van der Waals surface area contributed by atoms with Gasteiger partial charge >= 0.3 is 5.97 Å². The average Bonchev–Trinajstić information content (AvgIpc) is 2.59. The molecule has 24 heavy (non-hydrogen) atoms. The van der Waals surface area contributed by atoms with Crippen molar-refractivity contribution in [2.24, 2.45) is 0 Å². The minimum atomic E-state index is -0.501. The molecule has 0 fully saturated rings. The van der Waals surface area contributed by atoms with Crippen molar-refractivity contribution in [1.82, 2.24) is 0 Å². The second-order valence-electron chi connectivity index (χ2n) is 5.73. The van der Waals surface area contributed by atoms with Gasteiger partial charge < -0.3 is 4.74 Å². The molecule has 0 amide bonds. The summed E-state index contributed by atoms with van der Waals surface area (Å²) in [5.74, 6) is -1.77. The van der Waals surface area contributed by atoms with E-state index in [0.717, 1.165) is 10.0 Å². The summed E-state index contributed by atoms with van der Waals surface area (Å²) in [6, 6.07) is 14.0. The van der Waals surface area contributed by atoms with Crippen LogP contribution in [0.4, 0.5) is 0 Å². The summed E-state index contributed by atoms with van der Waals surface area (Å²) in [6.45, 7) is 0. The number of ketones is 2. The number of hydrogen-bond donors (Lipinski definition) is 0. The summed E-state index contributed by atoms with van der Waals surface area (Å²) < 4.78 is 6.01. The van der Waals surface area contributed by atoms with Gasteiger partial charge in [0.2, 0.25) is 5.78 Å². The summed E-state index contributed by atoms with van der Waals surface area (Å²) in [5, 5.41) is 0. The van der Waals surface area contributed by atoms with E-state index in [1.54, 1.807) is 24.3 Å². The van der Waals surface area contributed by atoms with Gasteiger partial charge in [0.25, 0.3) is 0 Å². The minimum Gasteiger partial charge on any atom is -0.422 e. The highest BCUT2D eigenvalue weighted by Gasteiger charge is 2.42. The van der Waals surface area contributed by atoms with Gasteiger partial charge in [-0.25, -0.2) is 0 Å². The molecule has 0 radical (unpaired) electrons.